The summed E-state index contributed by atoms with van der Waals surface area (Å²) in [4.78, 5) is 14.1. The Bertz CT molecular complexity index is 348. The van der Waals surface area contributed by atoms with Gasteiger partial charge in [0, 0.05) is 25.2 Å². The molecule has 1 aliphatic heterocycles. The molecule has 5 nitrogen and oxygen atoms in total. The lowest BCUT2D eigenvalue weighted by molar-refractivity contribution is -0.128. The standard InChI is InChI=1S/C15H29N3O2.2ClH/c1-14(2)12-18(8-9-20-14)15(6-4-3-5-7-15)11-17-13(19)10-16;;/h3-12,16H2,1-2H3,(H,17,19);2*1H. The van der Waals surface area contributed by atoms with Crippen LogP contribution in [0, 0.1) is 0 Å². The molecule has 3 N–H and O–H groups in total. The Balaban J connectivity index is 0.00000220. The number of nitrogens with two attached hydrogens (primary N) is 1. The molecule has 1 heterocycles. The largest absolute Gasteiger partial charge is 0.373 e. The van der Waals surface area contributed by atoms with Crippen LogP contribution in [0.5, 0.6) is 0 Å². The van der Waals surface area contributed by atoms with E-state index in [-0.39, 0.29) is 48.4 Å². The molecular weight excluding hydrogens is 325 g/mol. The van der Waals surface area contributed by atoms with Crippen LogP contribution in [0.4, 0.5) is 0 Å². The molecule has 1 saturated carbocycles. The van der Waals surface area contributed by atoms with Crippen molar-refractivity contribution in [1.29, 1.82) is 0 Å². The molecule has 0 unspecified atom stereocenters. The van der Waals surface area contributed by atoms with Crippen molar-refractivity contribution in [1.82, 2.24) is 10.2 Å². The lowest BCUT2D eigenvalue weighted by atomic mass is 9.79. The van der Waals surface area contributed by atoms with E-state index >= 15 is 0 Å². The van der Waals surface area contributed by atoms with E-state index in [1.165, 1.54) is 19.3 Å². The molecular formula is C15H31Cl2N3O2. The van der Waals surface area contributed by atoms with Gasteiger partial charge in [0.15, 0.2) is 0 Å². The van der Waals surface area contributed by atoms with Gasteiger partial charge in [-0.2, -0.15) is 0 Å². The van der Waals surface area contributed by atoms with Crippen molar-refractivity contribution in [2.45, 2.75) is 57.1 Å². The molecule has 1 aliphatic carbocycles. The van der Waals surface area contributed by atoms with Gasteiger partial charge in [0.25, 0.3) is 0 Å². The molecule has 2 aliphatic rings. The topological polar surface area (TPSA) is 67.6 Å². The zero-order chi connectivity index (χ0) is 14.6. The average molecular weight is 356 g/mol. The third-order valence-electron chi connectivity index (χ3n) is 4.68. The molecule has 7 heteroatoms. The summed E-state index contributed by atoms with van der Waals surface area (Å²) in [7, 11) is 0. The van der Waals surface area contributed by atoms with E-state index in [0.29, 0.717) is 0 Å². The first-order valence-corrected chi connectivity index (χ1v) is 7.83. The molecule has 2 fully saturated rings. The number of carbonyl (C=O) groups is 1. The molecule has 1 saturated heterocycles. The molecule has 0 atom stereocenters. The fourth-order valence-electron chi connectivity index (χ4n) is 3.57. The third-order valence-corrected chi connectivity index (χ3v) is 4.68. The second kappa shape index (κ2) is 9.28. The summed E-state index contributed by atoms with van der Waals surface area (Å²) < 4.78 is 5.83. The van der Waals surface area contributed by atoms with Gasteiger partial charge in [0.05, 0.1) is 18.8 Å². The fraction of sp³-hybridized carbons (Fsp3) is 0.933. The zero-order valence-electron chi connectivity index (χ0n) is 13.7. The van der Waals surface area contributed by atoms with Crippen LogP contribution >= 0.6 is 24.8 Å². The highest BCUT2D eigenvalue weighted by atomic mass is 35.5. The van der Waals surface area contributed by atoms with Gasteiger partial charge in [-0.25, -0.2) is 0 Å². The van der Waals surface area contributed by atoms with Crippen LogP contribution < -0.4 is 11.1 Å². The minimum Gasteiger partial charge on any atom is -0.373 e. The predicted octanol–water partition coefficient (Wildman–Crippen LogP) is 1.72. The first kappa shape index (κ1) is 21.9. The number of nitrogens with one attached hydrogen (secondary N) is 1. The van der Waals surface area contributed by atoms with E-state index in [1.807, 2.05) is 0 Å². The van der Waals surface area contributed by atoms with E-state index in [2.05, 4.69) is 24.1 Å². The molecule has 0 aromatic rings. The minimum absolute atomic E-state index is 0. The van der Waals surface area contributed by atoms with Gasteiger partial charge in [-0.1, -0.05) is 19.3 Å². The van der Waals surface area contributed by atoms with Crippen LogP contribution in [-0.2, 0) is 9.53 Å². The molecule has 22 heavy (non-hydrogen) atoms. The van der Waals surface area contributed by atoms with Gasteiger partial charge in [-0.3, -0.25) is 9.69 Å². The van der Waals surface area contributed by atoms with Crippen molar-refractivity contribution in [3.8, 4) is 0 Å². The number of morpholine rings is 1. The van der Waals surface area contributed by atoms with Crippen molar-refractivity contribution in [3.63, 3.8) is 0 Å². The number of nitrogens with zero attached hydrogens (tertiary/aromatic N) is 1. The predicted molar refractivity (Wildman–Crippen MR) is 94.0 cm³/mol. The van der Waals surface area contributed by atoms with Crippen LogP contribution in [0.1, 0.15) is 46.0 Å². The Morgan fingerprint density at radius 3 is 2.41 bits per heavy atom. The van der Waals surface area contributed by atoms with Crippen LogP contribution in [0.2, 0.25) is 0 Å². The third kappa shape index (κ3) is 5.53. The Morgan fingerprint density at radius 1 is 1.23 bits per heavy atom. The van der Waals surface area contributed by atoms with E-state index < -0.39 is 0 Å². The maximum atomic E-state index is 11.5. The summed E-state index contributed by atoms with van der Waals surface area (Å²) in [5.41, 5.74) is 5.41. The van der Waals surface area contributed by atoms with Crippen molar-refractivity contribution in [2.75, 3.05) is 32.8 Å². The number of hydrogen-bond acceptors (Lipinski definition) is 4. The number of ether oxygens (including phenoxy) is 1. The quantitative estimate of drug-likeness (QED) is 0.805. The van der Waals surface area contributed by atoms with Crippen molar-refractivity contribution >= 4 is 30.7 Å². The maximum Gasteiger partial charge on any atom is 0.233 e. The minimum atomic E-state index is -0.0967. The molecule has 2 rings (SSSR count). The first-order chi connectivity index (χ1) is 9.47. The Hall–Kier alpha value is -0.0700. The van der Waals surface area contributed by atoms with Gasteiger partial charge in [0.1, 0.15) is 0 Å². The van der Waals surface area contributed by atoms with Crippen LogP contribution in [0.3, 0.4) is 0 Å². The van der Waals surface area contributed by atoms with E-state index in [1.54, 1.807) is 0 Å². The maximum absolute atomic E-state index is 11.5. The Labute approximate surface area is 146 Å². The van der Waals surface area contributed by atoms with Crippen molar-refractivity contribution in [2.24, 2.45) is 5.73 Å². The van der Waals surface area contributed by atoms with E-state index in [0.717, 1.165) is 39.1 Å². The van der Waals surface area contributed by atoms with Crippen LogP contribution in [0.15, 0.2) is 0 Å². The zero-order valence-corrected chi connectivity index (χ0v) is 15.4. The van der Waals surface area contributed by atoms with Gasteiger partial charge in [-0.05, 0) is 26.7 Å². The molecule has 0 bridgehead atoms. The van der Waals surface area contributed by atoms with Crippen molar-refractivity contribution < 1.29 is 9.53 Å². The monoisotopic (exact) mass is 355 g/mol. The number of rotatable bonds is 4. The van der Waals surface area contributed by atoms with Crippen LogP contribution in [0.25, 0.3) is 0 Å². The average Bonchev–Trinajstić information content (AvgIpc) is 2.44. The van der Waals surface area contributed by atoms with Crippen LogP contribution in [-0.4, -0.2) is 54.7 Å². The number of halogens is 2. The smallest absolute Gasteiger partial charge is 0.233 e. The van der Waals surface area contributed by atoms with E-state index in [4.69, 9.17) is 10.5 Å². The van der Waals surface area contributed by atoms with Gasteiger partial charge in [0.2, 0.25) is 5.91 Å². The summed E-state index contributed by atoms with van der Waals surface area (Å²) in [5, 5.41) is 3.02. The lowest BCUT2D eigenvalue weighted by Crippen LogP contribution is -2.63. The summed E-state index contributed by atoms with van der Waals surface area (Å²) >= 11 is 0. The highest BCUT2D eigenvalue weighted by Gasteiger charge is 2.42. The Kier molecular flexibility index (Phi) is 9.25. The summed E-state index contributed by atoms with van der Waals surface area (Å²) in [5.74, 6) is -0.0533. The highest BCUT2D eigenvalue weighted by Crippen LogP contribution is 2.35. The Morgan fingerprint density at radius 2 is 1.86 bits per heavy atom. The summed E-state index contributed by atoms with van der Waals surface area (Å²) in [6, 6.07) is 0. The summed E-state index contributed by atoms with van der Waals surface area (Å²) in [6.07, 6.45) is 6.12. The second-order valence-electron chi connectivity index (χ2n) is 6.80. The van der Waals surface area contributed by atoms with Gasteiger partial charge in [-0.15, -0.1) is 24.8 Å². The van der Waals surface area contributed by atoms with E-state index in [9.17, 15) is 4.79 Å². The van der Waals surface area contributed by atoms with Gasteiger partial charge < -0.3 is 15.8 Å². The fourth-order valence-corrected chi connectivity index (χ4v) is 3.57. The highest BCUT2D eigenvalue weighted by molar-refractivity contribution is 5.85. The molecule has 1 amide bonds. The van der Waals surface area contributed by atoms with Crippen molar-refractivity contribution in [3.05, 3.63) is 0 Å². The SMILES string of the molecule is CC1(C)CN(C2(CNC(=O)CN)CCCCC2)CCO1.Cl.Cl. The second-order valence-corrected chi connectivity index (χ2v) is 6.80. The molecule has 0 aromatic heterocycles. The number of hydrogen-bond donors (Lipinski definition) is 2. The molecule has 0 aromatic carbocycles. The summed E-state index contributed by atoms with van der Waals surface area (Å²) in [6.45, 7) is 7.76. The lowest BCUT2D eigenvalue weighted by Gasteiger charge is -2.51. The molecule has 132 valence electrons. The number of carbonyl (C=O) groups excluding carboxylic acids is 1. The number of amides is 1. The van der Waals surface area contributed by atoms with Gasteiger partial charge >= 0.3 is 0 Å². The molecule has 0 spiro atoms. The first-order valence-electron chi connectivity index (χ1n) is 7.83. The molecule has 0 radical (unpaired) electrons. The normalized spacial score (nSPS) is 23.8.